The second-order valence-electron chi connectivity index (χ2n) is 9.80. The van der Waals surface area contributed by atoms with Gasteiger partial charge in [0.05, 0.1) is 16.7 Å². The highest BCUT2D eigenvalue weighted by atomic mass is 32.1. The molecule has 1 aliphatic carbocycles. The Morgan fingerprint density at radius 3 is 2.83 bits per heavy atom. The molecule has 2 unspecified atom stereocenters. The number of aliphatic hydroxyl groups is 1. The van der Waals surface area contributed by atoms with E-state index >= 15 is 0 Å². The van der Waals surface area contributed by atoms with Crippen molar-refractivity contribution in [3.63, 3.8) is 0 Å². The lowest BCUT2D eigenvalue weighted by atomic mass is 10.0. The summed E-state index contributed by atoms with van der Waals surface area (Å²) in [5.74, 6) is 0.856. The van der Waals surface area contributed by atoms with Gasteiger partial charge < -0.3 is 25.8 Å². The Labute approximate surface area is 217 Å². The first-order valence-corrected chi connectivity index (χ1v) is 13.8. The van der Waals surface area contributed by atoms with Gasteiger partial charge in [0.1, 0.15) is 17.0 Å². The minimum absolute atomic E-state index is 0.123. The van der Waals surface area contributed by atoms with Crippen LogP contribution in [0.2, 0.25) is 0 Å². The molecule has 0 radical (unpaired) electrons. The highest BCUT2D eigenvalue weighted by Crippen LogP contribution is 2.41. The molecule has 2 aromatic carbocycles. The van der Waals surface area contributed by atoms with Crippen LogP contribution in [0.5, 0.6) is 5.75 Å². The Balaban J connectivity index is 1.31. The number of aromatic nitrogens is 1. The van der Waals surface area contributed by atoms with E-state index in [0.29, 0.717) is 6.54 Å². The van der Waals surface area contributed by atoms with E-state index in [2.05, 4.69) is 51.2 Å². The van der Waals surface area contributed by atoms with Crippen molar-refractivity contribution in [2.75, 3.05) is 45.1 Å². The van der Waals surface area contributed by atoms with E-state index < -0.39 is 6.23 Å². The highest BCUT2D eigenvalue weighted by Gasteiger charge is 2.27. The largest absolute Gasteiger partial charge is 0.489 e. The van der Waals surface area contributed by atoms with Crippen molar-refractivity contribution in [2.24, 2.45) is 0 Å². The molecule has 2 aliphatic rings. The predicted octanol–water partition coefficient (Wildman–Crippen LogP) is 4.11. The monoisotopic (exact) mass is 507 g/mol. The molecule has 1 aromatic heterocycles. The van der Waals surface area contributed by atoms with Crippen LogP contribution in [-0.2, 0) is 6.42 Å². The van der Waals surface area contributed by atoms with Gasteiger partial charge >= 0.3 is 0 Å². The van der Waals surface area contributed by atoms with Crippen LogP contribution in [0.25, 0.3) is 21.0 Å². The average Bonchev–Trinajstić information content (AvgIpc) is 3.55. The van der Waals surface area contributed by atoms with Crippen LogP contribution < -0.4 is 20.7 Å². The molecule has 5 rings (SSSR count). The number of fused-ring (bicyclic) bond motifs is 1. The Morgan fingerprint density at radius 2 is 2.06 bits per heavy atom. The molecule has 2 atom stereocenters. The van der Waals surface area contributed by atoms with Crippen molar-refractivity contribution in [2.45, 2.75) is 45.1 Å². The van der Waals surface area contributed by atoms with Gasteiger partial charge in [-0.1, -0.05) is 18.2 Å². The van der Waals surface area contributed by atoms with Gasteiger partial charge in [0.25, 0.3) is 0 Å². The molecule has 0 amide bonds. The van der Waals surface area contributed by atoms with Crippen molar-refractivity contribution in [3.8, 4) is 26.8 Å². The Morgan fingerprint density at radius 1 is 1.22 bits per heavy atom. The molecular formula is C28H37N5O2S. The molecule has 1 aliphatic heterocycles. The van der Waals surface area contributed by atoms with Gasteiger partial charge in [0.2, 0.25) is 0 Å². The number of benzene rings is 2. The lowest BCUT2D eigenvalue weighted by molar-refractivity contribution is -0.00399. The van der Waals surface area contributed by atoms with Crippen LogP contribution in [-0.4, -0.2) is 67.1 Å². The van der Waals surface area contributed by atoms with Crippen LogP contribution in [0, 0.1) is 0 Å². The molecule has 7 nitrogen and oxygen atoms in total. The SMILES string of the molecule is CNc1cc(-c2ncc(-c3cccc4c3CCC4NCC(O)N3CCNCC3)s2)ccc1OC(C)C. The standard InChI is InChI=1S/C28H37N5O2S/c1-18(2)35-25-10-7-19(15-24(25)29-3)28-32-16-26(36-28)22-6-4-5-21-20(22)8-9-23(21)31-17-27(34)33-13-11-30-12-14-33/h4-7,10,15-16,18,23,27,29-31,34H,8-9,11-14,17H2,1-3H3. The van der Waals surface area contributed by atoms with Gasteiger partial charge in [-0.2, -0.15) is 0 Å². The van der Waals surface area contributed by atoms with E-state index in [1.54, 1.807) is 11.3 Å². The Hall–Kier alpha value is -2.49. The Bertz CT molecular complexity index is 1170. The van der Waals surface area contributed by atoms with Crippen molar-refractivity contribution >= 4 is 17.0 Å². The van der Waals surface area contributed by atoms with Gasteiger partial charge in [-0.15, -0.1) is 11.3 Å². The fourth-order valence-corrected chi connectivity index (χ4v) is 6.17. The molecule has 3 aromatic rings. The zero-order chi connectivity index (χ0) is 25.1. The number of anilines is 1. The number of aliphatic hydroxyl groups excluding tert-OH is 1. The zero-order valence-electron chi connectivity index (χ0n) is 21.4. The normalized spacial score (nSPS) is 18.9. The summed E-state index contributed by atoms with van der Waals surface area (Å²) in [4.78, 5) is 8.12. The number of hydrogen-bond donors (Lipinski definition) is 4. The summed E-state index contributed by atoms with van der Waals surface area (Å²) in [7, 11) is 1.92. The summed E-state index contributed by atoms with van der Waals surface area (Å²) in [5.41, 5.74) is 6.08. The number of thiazole rings is 1. The topological polar surface area (TPSA) is 81.7 Å². The molecule has 2 heterocycles. The van der Waals surface area contributed by atoms with Crippen molar-refractivity contribution < 1.29 is 9.84 Å². The number of rotatable bonds is 9. The van der Waals surface area contributed by atoms with Crippen LogP contribution in [0.4, 0.5) is 5.69 Å². The number of hydrogen-bond acceptors (Lipinski definition) is 8. The molecule has 192 valence electrons. The van der Waals surface area contributed by atoms with Crippen LogP contribution in [0.15, 0.2) is 42.6 Å². The molecular weight excluding hydrogens is 470 g/mol. The van der Waals surface area contributed by atoms with Crippen LogP contribution in [0.1, 0.15) is 37.4 Å². The second kappa shape index (κ2) is 11.3. The van der Waals surface area contributed by atoms with Gasteiger partial charge in [0.15, 0.2) is 0 Å². The maximum absolute atomic E-state index is 10.6. The third-order valence-corrected chi connectivity index (χ3v) is 8.10. The summed E-state index contributed by atoms with van der Waals surface area (Å²) < 4.78 is 5.92. The van der Waals surface area contributed by atoms with Crippen molar-refractivity contribution in [1.29, 1.82) is 0 Å². The zero-order valence-corrected chi connectivity index (χ0v) is 22.2. The molecule has 1 fully saturated rings. The lowest BCUT2D eigenvalue weighted by Crippen LogP contribution is -2.51. The maximum atomic E-state index is 10.6. The van der Waals surface area contributed by atoms with E-state index in [9.17, 15) is 5.11 Å². The van der Waals surface area contributed by atoms with E-state index in [1.165, 1.54) is 21.6 Å². The molecule has 8 heteroatoms. The minimum Gasteiger partial charge on any atom is -0.489 e. The molecule has 0 bridgehead atoms. The predicted molar refractivity (Wildman–Crippen MR) is 148 cm³/mol. The van der Waals surface area contributed by atoms with Gasteiger partial charge in [-0.25, -0.2) is 4.98 Å². The smallest absolute Gasteiger partial charge is 0.142 e. The highest BCUT2D eigenvalue weighted by molar-refractivity contribution is 7.18. The molecule has 0 spiro atoms. The third-order valence-electron chi connectivity index (χ3n) is 7.02. The maximum Gasteiger partial charge on any atom is 0.142 e. The number of nitrogens with one attached hydrogen (secondary N) is 3. The first-order chi connectivity index (χ1) is 17.5. The van der Waals surface area contributed by atoms with Crippen molar-refractivity contribution in [3.05, 3.63) is 53.7 Å². The van der Waals surface area contributed by atoms with E-state index in [1.807, 2.05) is 33.2 Å². The van der Waals surface area contributed by atoms with Gasteiger partial charge in [-0.3, -0.25) is 4.90 Å². The first kappa shape index (κ1) is 25.2. The van der Waals surface area contributed by atoms with E-state index in [0.717, 1.165) is 61.0 Å². The fourth-order valence-electron chi connectivity index (χ4n) is 5.20. The van der Waals surface area contributed by atoms with Gasteiger partial charge in [-0.05, 0) is 61.6 Å². The first-order valence-electron chi connectivity index (χ1n) is 13.0. The number of nitrogens with zero attached hydrogens (tertiary/aromatic N) is 2. The summed E-state index contributed by atoms with van der Waals surface area (Å²) in [6, 6.07) is 13.1. The third kappa shape index (κ3) is 5.43. The van der Waals surface area contributed by atoms with Gasteiger partial charge in [0, 0.05) is 57.6 Å². The number of piperazine rings is 1. The van der Waals surface area contributed by atoms with Crippen LogP contribution in [0.3, 0.4) is 0 Å². The van der Waals surface area contributed by atoms with E-state index in [-0.39, 0.29) is 12.1 Å². The fraction of sp³-hybridized carbons (Fsp3) is 0.464. The van der Waals surface area contributed by atoms with E-state index in [4.69, 9.17) is 9.72 Å². The molecule has 0 saturated carbocycles. The minimum atomic E-state index is -0.441. The quantitative estimate of drug-likeness (QED) is 0.347. The summed E-state index contributed by atoms with van der Waals surface area (Å²) >= 11 is 1.73. The average molecular weight is 508 g/mol. The van der Waals surface area contributed by atoms with Crippen molar-refractivity contribution in [1.82, 2.24) is 20.5 Å². The summed E-state index contributed by atoms with van der Waals surface area (Å²) in [6.45, 7) is 8.33. The number of ether oxygens (including phenoxy) is 1. The Kier molecular flexibility index (Phi) is 7.88. The summed E-state index contributed by atoms with van der Waals surface area (Å²) in [5, 5.41) is 21.9. The molecule has 4 N–H and O–H groups in total. The molecule has 36 heavy (non-hydrogen) atoms. The molecule has 1 saturated heterocycles. The summed E-state index contributed by atoms with van der Waals surface area (Å²) in [6.07, 6.45) is 3.77. The van der Waals surface area contributed by atoms with Crippen LogP contribution >= 0.6 is 11.3 Å². The lowest BCUT2D eigenvalue weighted by Gasteiger charge is -2.32. The second-order valence-corrected chi connectivity index (χ2v) is 10.8.